The van der Waals surface area contributed by atoms with Crippen LogP contribution < -0.4 is 16.0 Å². The largest absolute Gasteiger partial charge is 0.325 e. The Bertz CT molecular complexity index is 1430. The zero-order chi connectivity index (χ0) is 28.3. The first kappa shape index (κ1) is 28.7. The minimum Gasteiger partial charge on any atom is -0.325 e. The summed E-state index contributed by atoms with van der Waals surface area (Å²) >= 11 is 6.50. The molecule has 1 aliphatic heterocycles. The van der Waals surface area contributed by atoms with Crippen LogP contribution in [0.15, 0.2) is 79.3 Å². The Labute approximate surface area is 246 Å². The molecule has 41 heavy (non-hydrogen) atoms. The van der Waals surface area contributed by atoms with Crippen LogP contribution in [0.3, 0.4) is 0 Å². The van der Waals surface area contributed by atoms with Crippen molar-refractivity contribution in [3.05, 3.63) is 84.3 Å². The second-order valence-electron chi connectivity index (χ2n) is 10.2. The van der Waals surface area contributed by atoms with Crippen LogP contribution in [0.2, 0.25) is 5.02 Å². The minimum absolute atomic E-state index is 0.00520. The molecule has 3 heterocycles. The number of hydrogen-bond acceptors (Lipinski definition) is 7. The Balaban J connectivity index is 1.14. The van der Waals surface area contributed by atoms with E-state index in [1.165, 1.54) is 6.42 Å². The Morgan fingerprint density at radius 1 is 0.854 bits per heavy atom. The highest BCUT2D eigenvalue weighted by Crippen LogP contribution is 2.30. The van der Waals surface area contributed by atoms with Gasteiger partial charge in [0.05, 0.1) is 40.7 Å². The lowest BCUT2D eigenvalue weighted by Crippen LogP contribution is -2.43. The topological polar surface area (TPSA) is 95.1 Å². The van der Waals surface area contributed by atoms with Crippen LogP contribution in [-0.2, 0) is 4.79 Å². The Kier molecular flexibility index (Phi) is 10.3. The van der Waals surface area contributed by atoms with Crippen LogP contribution in [0.5, 0.6) is 0 Å². The number of hydrogen-bond donors (Lipinski definition) is 3. The molecule has 0 atom stereocenters. The number of halogens is 1. The standard InChI is InChI=1S/C32H36ClN7O/c33-29-23-36-32(39-31(29)26-12-8-11-25(19-26)24-9-4-3-5-10-24)38-28-20-27(21-35-22-28)37-30(41)13-6-1-2-7-16-40-17-14-34-15-18-40/h3-5,8-12,19-23,34H,1-2,6-7,13-18H2,(H,37,41)(H,36,38,39). The predicted octanol–water partition coefficient (Wildman–Crippen LogP) is 6.40. The molecule has 1 fully saturated rings. The monoisotopic (exact) mass is 569 g/mol. The predicted molar refractivity (Wildman–Crippen MR) is 166 cm³/mol. The SMILES string of the molecule is O=C(CCCCCCN1CCNCC1)Nc1cncc(Nc2ncc(Cl)c(-c3cccc(-c4ccccc4)c3)n2)c1. The number of unbranched alkanes of at least 4 members (excludes halogenated alkanes) is 3. The summed E-state index contributed by atoms with van der Waals surface area (Å²) in [5.41, 5.74) is 5.02. The van der Waals surface area contributed by atoms with E-state index in [0.717, 1.165) is 68.7 Å². The third-order valence-corrected chi connectivity index (χ3v) is 7.38. The van der Waals surface area contributed by atoms with E-state index in [1.54, 1.807) is 18.6 Å². The molecule has 0 unspecified atom stereocenters. The highest BCUT2D eigenvalue weighted by Gasteiger charge is 2.12. The van der Waals surface area contributed by atoms with Crippen LogP contribution >= 0.6 is 11.6 Å². The molecule has 0 saturated carbocycles. The average molecular weight is 570 g/mol. The quantitative estimate of drug-likeness (QED) is 0.170. The lowest BCUT2D eigenvalue weighted by molar-refractivity contribution is -0.116. The summed E-state index contributed by atoms with van der Waals surface area (Å²) in [5.74, 6) is 0.384. The van der Waals surface area contributed by atoms with E-state index < -0.39 is 0 Å². The molecule has 4 aromatic rings. The van der Waals surface area contributed by atoms with Crippen molar-refractivity contribution in [1.29, 1.82) is 0 Å². The lowest BCUT2D eigenvalue weighted by Gasteiger charge is -2.26. The van der Waals surface area contributed by atoms with E-state index in [1.807, 2.05) is 36.4 Å². The molecule has 2 aromatic heterocycles. The lowest BCUT2D eigenvalue weighted by atomic mass is 10.0. The maximum atomic E-state index is 12.5. The first-order chi connectivity index (χ1) is 20.1. The molecule has 212 valence electrons. The smallest absolute Gasteiger partial charge is 0.227 e. The first-order valence-corrected chi connectivity index (χ1v) is 14.7. The summed E-state index contributed by atoms with van der Waals surface area (Å²) in [6, 6.07) is 20.1. The van der Waals surface area contributed by atoms with E-state index in [2.05, 4.69) is 60.1 Å². The fourth-order valence-electron chi connectivity index (χ4n) is 4.94. The molecule has 2 aromatic carbocycles. The van der Waals surface area contributed by atoms with Crippen LogP contribution in [0.4, 0.5) is 17.3 Å². The maximum Gasteiger partial charge on any atom is 0.227 e. The number of piperazine rings is 1. The normalized spacial score (nSPS) is 13.6. The van der Waals surface area contributed by atoms with Crippen molar-refractivity contribution in [3.8, 4) is 22.4 Å². The number of rotatable bonds is 12. The van der Waals surface area contributed by atoms with Crippen LogP contribution in [0.25, 0.3) is 22.4 Å². The third kappa shape index (κ3) is 8.57. The number of benzene rings is 2. The molecular weight excluding hydrogens is 534 g/mol. The highest BCUT2D eigenvalue weighted by molar-refractivity contribution is 6.32. The Hall–Kier alpha value is -3.85. The van der Waals surface area contributed by atoms with Crippen molar-refractivity contribution in [1.82, 2.24) is 25.2 Å². The highest BCUT2D eigenvalue weighted by atomic mass is 35.5. The zero-order valence-corrected chi connectivity index (χ0v) is 23.9. The van der Waals surface area contributed by atoms with Crippen molar-refractivity contribution < 1.29 is 4.79 Å². The van der Waals surface area contributed by atoms with E-state index >= 15 is 0 Å². The number of anilines is 3. The van der Waals surface area contributed by atoms with Gasteiger partial charge in [0.15, 0.2) is 0 Å². The Morgan fingerprint density at radius 2 is 1.61 bits per heavy atom. The molecule has 9 heteroatoms. The molecule has 1 amide bonds. The van der Waals surface area contributed by atoms with E-state index in [9.17, 15) is 4.79 Å². The summed E-state index contributed by atoms with van der Waals surface area (Å²) < 4.78 is 0. The Morgan fingerprint density at radius 3 is 2.46 bits per heavy atom. The van der Waals surface area contributed by atoms with Crippen molar-refractivity contribution in [2.75, 3.05) is 43.4 Å². The maximum absolute atomic E-state index is 12.5. The summed E-state index contributed by atoms with van der Waals surface area (Å²) in [6.45, 7) is 5.60. The fraction of sp³-hybridized carbons (Fsp3) is 0.312. The molecule has 0 bridgehead atoms. The number of amides is 1. The molecule has 5 rings (SSSR count). The zero-order valence-electron chi connectivity index (χ0n) is 23.2. The van der Waals surface area contributed by atoms with Crippen molar-refractivity contribution in [3.63, 3.8) is 0 Å². The second kappa shape index (κ2) is 14.7. The number of nitrogens with zero attached hydrogens (tertiary/aromatic N) is 4. The van der Waals surface area contributed by atoms with E-state index in [4.69, 9.17) is 11.6 Å². The van der Waals surface area contributed by atoms with Gasteiger partial charge in [0.25, 0.3) is 0 Å². The van der Waals surface area contributed by atoms with Crippen molar-refractivity contribution >= 4 is 34.8 Å². The third-order valence-electron chi connectivity index (χ3n) is 7.10. The molecule has 3 N–H and O–H groups in total. The van der Waals surface area contributed by atoms with Crippen LogP contribution in [0, 0.1) is 0 Å². The summed E-state index contributed by atoms with van der Waals surface area (Å²) in [7, 11) is 0. The van der Waals surface area contributed by atoms with Gasteiger partial charge in [0.1, 0.15) is 0 Å². The second-order valence-corrected chi connectivity index (χ2v) is 10.6. The van der Waals surface area contributed by atoms with Crippen LogP contribution in [0.1, 0.15) is 32.1 Å². The molecule has 1 aliphatic rings. The molecule has 1 saturated heterocycles. The van der Waals surface area contributed by atoms with Gasteiger partial charge in [-0.15, -0.1) is 0 Å². The van der Waals surface area contributed by atoms with Gasteiger partial charge in [-0.05, 0) is 42.6 Å². The van der Waals surface area contributed by atoms with Gasteiger partial charge in [-0.3, -0.25) is 9.78 Å². The van der Waals surface area contributed by atoms with Gasteiger partial charge in [0, 0.05) is 38.2 Å². The van der Waals surface area contributed by atoms with Gasteiger partial charge in [-0.1, -0.05) is 73.0 Å². The average Bonchev–Trinajstić information content (AvgIpc) is 3.01. The van der Waals surface area contributed by atoms with Gasteiger partial charge < -0.3 is 20.9 Å². The first-order valence-electron chi connectivity index (χ1n) is 14.3. The van der Waals surface area contributed by atoms with Gasteiger partial charge in [-0.25, -0.2) is 9.97 Å². The summed E-state index contributed by atoms with van der Waals surface area (Å²) in [4.78, 5) is 28.3. The number of carbonyl (C=O) groups is 1. The fourth-order valence-corrected chi connectivity index (χ4v) is 5.15. The molecule has 0 spiro atoms. The minimum atomic E-state index is -0.00520. The molecule has 8 nitrogen and oxygen atoms in total. The molecule has 0 radical (unpaired) electrons. The number of aromatic nitrogens is 3. The number of pyridine rings is 1. The number of nitrogens with one attached hydrogen (secondary N) is 3. The van der Waals surface area contributed by atoms with Crippen molar-refractivity contribution in [2.45, 2.75) is 32.1 Å². The summed E-state index contributed by atoms with van der Waals surface area (Å²) in [5, 5.41) is 10.00. The summed E-state index contributed by atoms with van der Waals surface area (Å²) in [6.07, 6.45) is 9.67. The van der Waals surface area contributed by atoms with Gasteiger partial charge in [0.2, 0.25) is 11.9 Å². The van der Waals surface area contributed by atoms with Crippen molar-refractivity contribution in [2.24, 2.45) is 0 Å². The van der Waals surface area contributed by atoms with E-state index in [0.29, 0.717) is 34.5 Å². The van der Waals surface area contributed by atoms with Crippen LogP contribution in [-0.4, -0.2) is 58.5 Å². The molecular formula is C32H36ClN7O. The van der Waals surface area contributed by atoms with Gasteiger partial charge >= 0.3 is 0 Å². The van der Waals surface area contributed by atoms with E-state index in [-0.39, 0.29) is 5.91 Å². The molecule has 0 aliphatic carbocycles. The van der Waals surface area contributed by atoms with Gasteiger partial charge in [-0.2, -0.15) is 0 Å². The number of carbonyl (C=O) groups excluding carboxylic acids is 1.